The third-order valence-corrected chi connectivity index (χ3v) is 1.17. The summed E-state index contributed by atoms with van der Waals surface area (Å²) in [6, 6.07) is 12.1. The van der Waals surface area contributed by atoms with Gasteiger partial charge in [-0.3, -0.25) is 0 Å². The smallest absolute Gasteiger partial charge is 0.119 e. The predicted molar refractivity (Wildman–Crippen MR) is 41.0 cm³/mol. The molecule has 0 atom stereocenters. The average molecular weight is 146 g/mol. The third-order valence-electron chi connectivity index (χ3n) is 1.17. The zero-order chi connectivity index (χ0) is 7.94. The highest BCUT2D eigenvalue weighted by molar-refractivity contribution is 5.20. The summed E-state index contributed by atoms with van der Waals surface area (Å²) >= 11 is 0. The van der Waals surface area contributed by atoms with E-state index in [-0.39, 0.29) is 0 Å². The Morgan fingerprint density at radius 2 is 2.18 bits per heavy atom. The summed E-state index contributed by atoms with van der Waals surface area (Å²) in [5.41, 5.74) is 0. The van der Waals surface area contributed by atoms with Crippen LogP contribution in [0.2, 0.25) is 0 Å². The van der Waals surface area contributed by atoms with Gasteiger partial charge in [0.15, 0.2) is 0 Å². The zero-order valence-corrected chi connectivity index (χ0v) is 6.08. The van der Waals surface area contributed by atoms with Gasteiger partial charge in [0, 0.05) is 0 Å². The van der Waals surface area contributed by atoms with Crippen molar-refractivity contribution < 1.29 is 4.74 Å². The Bertz CT molecular complexity index is 237. The van der Waals surface area contributed by atoms with Crippen LogP contribution in [-0.2, 0) is 0 Å². The van der Waals surface area contributed by atoms with Crippen LogP contribution in [0.3, 0.4) is 0 Å². The SMILES string of the molecule is N#CCCOc1cc[c]cc1. The lowest BCUT2D eigenvalue weighted by atomic mass is 10.3. The Morgan fingerprint density at radius 3 is 2.82 bits per heavy atom. The molecule has 0 aliphatic heterocycles. The molecule has 0 saturated heterocycles. The van der Waals surface area contributed by atoms with Gasteiger partial charge in [0.25, 0.3) is 0 Å². The lowest BCUT2D eigenvalue weighted by Gasteiger charge is -2.00. The van der Waals surface area contributed by atoms with E-state index in [1.807, 2.05) is 18.2 Å². The molecule has 1 aromatic rings. The molecule has 0 heterocycles. The van der Waals surface area contributed by atoms with Crippen molar-refractivity contribution in [2.45, 2.75) is 6.42 Å². The van der Waals surface area contributed by atoms with E-state index < -0.39 is 0 Å². The molecule has 0 aromatic heterocycles. The van der Waals surface area contributed by atoms with Crippen LogP contribution in [0.1, 0.15) is 6.42 Å². The zero-order valence-electron chi connectivity index (χ0n) is 6.08. The summed E-state index contributed by atoms with van der Waals surface area (Å²) in [5.74, 6) is 0.791. The van der Waals surface area contributed by atoms with E-state index in [4.69, 9.17) is 10.00 Å². The first-order valence-electron chi connectivity index (χ1n) is 3.39. The number of benzene rings is 1. The molecule has 0 spiro atoms. The molecule has 2 nitrogen and oxygen atoms in total. The number of ether oxygens (including phenoxy) is 1. The van der Waals surface area contributed by atoms with Crippen molar-refractivity contribution in [1.29, 1.82) is 5.26 Å². The number of hydrogen-bond donors (Lipinski definition) is 0. The minimum Gasteiger partial charge on any atom is -0.493 e. The maximum Gasteiger partial charge on any atom is 0.119 e. The Morgan fingerprint density at radius 1 is 1.45 bits per heavy atom. The van der Waals surface area contributed by atoms with Gasteiger partial charge >= 0.3 is 0 Å². The van der Waals surface area contributed by atoms with Gasteiger partial charge in [0.05, 0.1) is 12.5 Å². The molecule has 0 saturated carbocycles. The van der Waals surface area contributed by atoms with Crippen LogP contribution in [0.15, 0.2) is 24.3 Å². The monoisotopic (exact) mass is 146 g/mol. The Balaban J connectivity index is 2.35. The van der Waals surface area contributed by atoms with Crippen LogP contribution < -0.4 is 4.74 Å². The molecule has 0 unspecified atom stereocenters. The predicted octanol–water partition coefficient (Wildman–Crippen LogP) is 1.78. The summed E-state index contributed by atoms with van der Waals surface area (Å²) in [6.45, 7) is 0.459. The topological polar surface area (TPSA) is 33.0 Å². The van der Waals surface area contributed by atoms with Gasteiger partial charge in [-0.2, -0.15) is 5.26 Å². The van der Waals surface area contributed by atoms with Crippen LogP contribution in [0, 0.1) is 17.4 Å². The van der Waals surface area contributed by atoms with E-state index in [2.05, 4.69) is 6.07 Å². The number of nitrogens with zero attached hydrogens (tertiary/aromatic N) is 1. The molecular weight excluding hydrogens is 138 g/mol. The minimum atomic E-state index is 0.429. The van der Waals surface area contributed by atoms with Crippen molar-refractivity contribution >= 4 is 0 Å². The molecule has 1 rings (SSSR count). The molecule has 0 bridgehead atoms. The van der Waals surface area contributed by atoms with Gasteiger partial charge in [-0.05, 0) is 18.2 Å². The van der Waals surface area contributed by atoms with E-state index >= 15 is 0 Å². The molecule has 0 aliphatic rings. The second-order valence-electron chi connectivity index (χ2n) is 1.99. The molecule has 0 amide bonds. The van der Waals surface area contributed by atoms with Gasteiger partial charge in [-0.25, -0.2) is 0 Å². The molecule has 11 heavy (non-hydrogen) atoms. The van der Waals surface area contributed by atoms with E-state index in [1.165, 1.54) is 0 Å². The first-order chi connectivity index (χ1) is 5.43. The van der Waals surface area contributed by atoms with Crippen molar-refractivity contribution in [3.63, 3.8) is 0 Å². The highest BCUT2D eigenvalue weighted by Gasteiger charge is 1.88. The van der Waals surface area contributed by atoms with Gasteiger partial charge in [-0.1, -0.05) is 12.1 Å². The lowest BCUT2D eigenvalue weighted by Crippen LogP contribution is -1.94. The van der Waals surface area contributed by atoms with Crippen LogP contribution in [0.25, 0.3) is 0 Å². The highest BCUT2D eigenvalue weighted by Crippen LogP contribution is 2.07. The van der Waals surface area contributed by atoms with Crippen molar-refractivity contribution in [3.8, 4) is 11.8 Å². The third kappa shape index (κ3) is 2.72. The molecule has 1 aromatic carbocycles. The van der Waals surface area contributed by atoms with E-state index in [1.54, 1.807) is 12.1 Å². The molecular formula is C9H8NO. The van der Waals surface area contributed by atoms with E-state index in [9.17, 15) is 0 Å². The fourth-order valence-electron chi connectivity index (χ4n) is 0.682. The van der Waals surface area contributed by atoms with Gasteiger partial charge < -0.3 is 4.74 Å². The number of rotatable bonds is 3. The molecule has 0 N–H and O–H groups in total. The van der Waals surface area contributed by atoms with Crippen LogP contribution in [-0.4, -0.2) is 6.61 Å². The van der Waals surface area contributed by atoms with Crippen molar-refractivity contribution in [3.05, 3.63) is 30.3 Å². The Kier molecular flexibility index (Phi) is 3.01. The Labute approximate surface area is 66.0 Å². The maximum atomic E-state index is 8.21. The van der Waals surface area contributed by atoms with Crippen LogP contribution in [0.4, 0.5) is 0 Å². The number of nitriles is 1. The molecule has 55 valence electrons. The average Bonchev–Trinajstić information content (AvgIpc) is 2.07. The lowest BCUT2D eigenvalue weighted by molar-refractivity contribution is 0.326. The summed E-state index contributed by atoms with van der Waals surface area (Å²) in [7, 11) is 0. The van der Waals surface area contributed by atoms with Gasteiger partial charge in [0.2, 0.25) is 0 Å². The van der Waals surface area contributed by atoms with E-state index in [0.717, 1.165) is 5.75 Å². The first kappa shape index (κ1) is 7.62. The van der Waals surface area contributed by atoms with Crippen molar-refractivity contribution in [2.24, 2.45) is 0 Å². The van der Waals surface area contributed by atoms with Gasteiger partial charge in [0.1, 0.15) is 12.4 Å². The molecule has 0 aliphatic carbocycles. The molecule has 0 fully saturated rings. The van der Waals surface area contributed by atoms with Crippen molar-refractivity contribution in [2.75, 3.05) is 6.61 Å². The molecule has 1 radical (unpaired) electrons. The minimum absolute atomic E-state index is 0.429. The fourth-order valence-corrected chi connectivity index (χ4v) is 0.682. The van der Waals surface area contributed by atoms with Crippen molar-refractivity contribution in [1.82, 2.24) is 0 Å². The van der Waals surface area contributed by atoms with E-state index in [0.29, 0.717) is 13.0 Å². The fraction of sp³-hybridized carbons (Fsp3) is 0.222. The number of hydrogen-bond acceptors (Lipinski definition) is 2. The first-order valence-corrected chi connectivity index (χ1v) is 3.39. The molecule has 2 heteroatoms. The normalized spacial score (nSPS) is 8.64. The maximum absolute atomic E-state index is 8.21. The van der Waals surface area contributed by atoms with Crippen LogP contribution >= 0.6 is 0 Å². The quantitative estimate of drug-likeness (QED) is 0.609. The second-order valence-corrected chi connectivity index (χ2v) is 1.99. The standard InChI is InChI=1S/C9H8NO/c10-7-4-8-11-9-5-2-1-3-6-9/h2-3,5-6H,4,8H2. The van der Waals surface area contributed by atoms with Crippen LogP contribution in [0.5, 0.6) is 5.75 Å². The van der Waals surface area contributed by atoms with Gasteiger partial charge in [-0.15, -0.1) is 0 Å². The summed E-state index contributed by atoms with van der Waals surface area (Å²) in [4.78, 5) is 0. The summed E-state index contributed by atoms with van der Waals surface area (Å²) in [5, 5.41) is 8.21. The largest absolute Gasteiger partial charge is 0.493 e. The summed E-state index contributed by atoms with van der Waals surface area (Å²) < 4.78 is 5.20. The second kappa shape index (κ2) is 4.35. The Hall–Kier alpha value is -1.49. The highest BCUT2D eigenvalue weighted by atomic mass is 16.5. The summed E-state index contributed by atoms with van der Waals surface area (Å²) in [6.07, 6.45) is 0.429.